The average molecular weight is 344 g/mol. The molecule has 1 aromatic carbocycles. The van der Waals surface area contributed by atoms with Crippen LogP contribution < -0.4 is 16.4 Å². The molecular formula is C19H28N4O2. The summed E-state index contributed by atoms with van der Waals surface area (Å²) in [5, 5.41) is 5.90. The van der Waals surface area contributed by atoms with Crippen LogP contribution in [-0.4, -0.2) is 42.0 Å². The van der Waals surface area contributed by atoms with Gasteiger partial charge in [0.05, 0.1) is 5.54 Å². The number of nitrogens with zero attached hydrogens (tertiary/aromatic N) is 1. The summed E-state index contributed by atoms with van der Waals surface area (Å²) in [4.78, 5) is 26.3. The van der Waals surface area contributed by atoms with Crippen LogP contribution in [0.1, 0.15) is 37.3 Å². The number of hydrogen-bond acceptors (Lipinski definition) is 3. The van der Waals surface area contributed by atoms with E-state index in [9.17, 15) is 9.59 Å². The van der Waals surface area contributed by atoms with E-state index in [0.717, 1.165) is 19.3 Å². The van der Waals surface area contributed by atoms with Gasteiger partial charge in [0.1, 0.15) is 0 Å². The maximum Gasteiger partial charge on any atom is 0.317 e. The maximum atomic E-state index is 12.3. The van der Waals surface area contributed by atoms with Crippen LogP contribution in [0.4, 0.5) is 4.79 Å². The van der Waals surface area contributed by atoms with Gasteiger partial charge >= 0.3 is 6.03 Å². The van der Waals surface area contributed by atoms with E-state index in [1.54, 1.807) is 4.90 Å². The molecule has 3 amide bonds. The van der Waals surface area contributed by atoms with Gasteiger partial charge in [0, 0.05) is 32.6 Å². The van der Waals surface area contributed by atoms with Crippen molar-refractivity contribution in [2.45, 2.75) is 44.7 Å². The molecule has 0 spiro atoms. The molecule has 0 bridgehead atoms. The van der Waals surface area contributed by atoms with E-state index in [0.29, 0.717) is 32.1 Å². The smallest absolute Gasteiger partial charge is 0.317 e. The zero-order valence-electron chi connectivity index (χ0n) is 14.9. The number of fused-ring (bicyclic) bond motifs is 1. The standard InChI is InChI=1S/C19H28N4O2/c1-19(13-20,16-6-7-16)22-17(24)8-10-21-18(25)23-11-9-14-4-2-3-5-15(14)12-23/h2-5,16H,6-13,20H2,1H3,(H,21,25)(H,22,24). The molecule has 25 heavy (non-hydrogen) atoms. The van der Waals surface area contributed by atoms with E-state index >= 15 is 0 Å². The van der Waals surface area contributed by atoms with Gasteiger partial charge in [-0.05, 0) is 43.2 Å². The van der Waals surface area contributed by atoms with Crippen molar-refractivity contribution in [3.8, 4) is 0 Å². The zero-order valence-corrected chi connectivity index (χ0v) is 14.9. The first-order valence-corrected chi connectivity index (χ1v) is 9.12. The molecule has 1 fully saturated rings. The molecule has 1 saturated carbocycles. The van der Waals surface area contributed by atoms with Crippen molar-refractivity contribution < 1.29 is 9.59 Å². The van der Waals surface area contributed by atoms with Crippen molar-refractivity contribution in [3.05, 3.63) is 35.4 Å². The maximum absolute atomic E-state index is 12.3. The molecule has 6 nitrogen and oxygen atoms in total. The largest absolute Gasteiger partial charge is 0.349 e. The molecule has 1 heterocycles. The number of carbonyl (C=O) groups excluding carboxylic acids is 2. The Bertz CT molecular complexity index is 644. The number of amides is 3. The van der Waals surface area contributed by atoms with Gasteiger partial charge in [-0.15, -0.1) is 0 Å². The summed E-state index contributed by atoms with van der Waals surface area (Å²) in [5.41, 5.74) is 8.02. The zero-order chi connectivity index (χ0) is 17.9. The Kier molecular flexibility index (Phi) is 5.27. The summed E-state index contributed by atoms with van der Waals surface area (Å²) in [6.45, 7) is 4.13. The van der Waals surface area contributed by atoms with E-state index in [1.807, 2.05) is 19.1 Å². The molecule has 2 aliphatic rings. The minimum Gasteiger partial charge on any atom is -0.349 e. The lowest BCUT2D eigenvalue weighted by Crippen LogP contribution is -2.53. The fourth-order valence-electron chi connectivity index (χ4n) is 3.49. The van der Waals surface area contributed by atoms with Gasteiger partial charge < -0.3 is 21.3 Å². The first kappa shape index (κ1) is 17.7. The number of urea groups is 1. The molecule has 6 heteroatoms. The Morgan fingerprint density at radius 2 is 2.00 bits per heavy atom. The van der Waals surface area contributed by atoms with Crippen LogP contribution in [0.2, 0.25) is 0 Å². The third kappa shape index (κ3) is 4.31. The van der Waals surface area contributed by atoms with Crippen molar-refractivity contribution in [1.29, 1.82) is 0 Å². The molecule has 0 aromatic heterocycles. The monoisotopic (exact) mass is 344 g/mol. The van der Waals surface area contributed by atoms with Gasteiger partial charge in [-0.25, -0.2) is 4.79 Å². The Labute approximate surface area is 149 Å². The van der Waals surface area contributed by atoms with E-state index in [1.165, 1.54) is 11.1 Å². The highest BCUT2D eigenvalue weighted by Gasteiger charge is 2.41. The van der Waals surface area contributed by atoms with E-state index < -0.39 is 0 Å². The van der Waals surface area contributed by atoms with Crippen LogP contribution in [0.5, 0.6) is 0 Å². The predicted molar refractivity (Wildman–Crippen MR) is 96.9 cm³/mol. The van der Waals surface area contributed by atoms with Gasteiger partial charge in [-0.1, -0.05) is 24.3 Å². The average Bonchev–Trinajstić information content (AvgIpc) is 3.46. The third-order valence-electron chi connectivity index (χ3n) is 5.37. The molecule has 1 aromatic rings. The van der Waals surface area contributed by atoms with Gasteiger partial charge in [0.15, 0.2) is 0 Å². The highest BCUT2D eigenvalue weighted by atomic mass is 16.2. The normalized spacial score (nSPS) is 18.9. The first-order chi connectivity index (χ1) is 12.0. The number of nitrogens with two attached hydrogens (primary N) is 1. The Morgan fingerprint density at radius 3 is 2.68 bits per heavy atom. The summed E-state index contributed by atoms with van der Waals surface area (Å²) >= 11 is 0. The molecule has 4 N–H and O–H groups in total. The van der Waals surface area contributed by atoms with Gasteiger partial charge in [0.25, 0.3) is 0 Å². The van der Waals surface area contributed by atoms with Gasteiger partial charge in [-0.2, -0.15) is 0 Å². The highest BCUT2D eigenvalue weighted by molar-refractivity contribution is 5.79. The lowest BCUT2D eigenvalue weighted by Gasteiger charge is -2.30. The molecule has 3 rings (SSSR count). The first-order valence-electron chi connectivity index (χ1n) is 9.12. The van der Waals surface area contributed by atoms with E-state index in [4.69, 9.17) is 5.73 Å². The summed E-state index contributed by atoms with van der Waals surface area (Å²) in [5.74, 6) is 0.439. The van der Waals surface area contributed by atoms with Crippen LogP contribution in [-0.2, 0) is 17.8 Å². The molecule has 0 radical (unpaired) electrons. The minimum atomic E-state index is -0.308. The fraction of sp³-hybridized carbons (Fsp3) is 0.579. The lowest BCUT2D eigenvalue weighted by atomic mass is 9.96. The van der Waals surface area contributed by atoms with Crippen molar-refractivity contribution in [1.82, 2.24) is 15.5 Å². The molecule has 1 aliphatic carbocycles. The topological polar surface area (TPSA) is 87.5 Å². The fourth-order valence-corrected chi connectivity index (χ4v) is 3.49. The SMILES string of the molecule is CC(CN)(NC(=O)CCNC(=O)N1CCc2ccccc2C1)C1CC1. The number of carbonyl (C=O) groups is 2. The van der Waals surface area contributed by atoms with Gasteiger partial charge in [0.2, 0.25) is 5.91 Å². The summed E-state index contributed by atoms with van der Waals surface area (Å²) in [6, 6.07) is 8.10. The molecule has 136 valence electrons. The summed E-state index contributed by atoms with van der Waals surface area (Å²) < 4.78 is 0. The van der Waals surface area contributed by atoms with Crippen LogP contribution in [0.15, 0.2) is 24.3 Å². The number of benzene rings is 1. The molecule has 1 aliphatic heterocycles. The predicted octanol–water partition coefficient (Wildman–Crippen LogP) is 1.39. The Hall–Kier alpha value is -2.08. The molecular weight excluding hydrogens is 316 g/mol. The summed E-state index contributed by atoms with van der Waals surface area (Å²) in [6.07, 6.45) is 3.40. The minimum absolute atomic E-state index is 0.0517. The van der Waals surface area contributed by atoms with Crippen LogP contribution in [0.25, 0.3) is 0 Å². The van der Waals surface area contributed by atoms with Crippen molar-refractivity contribution >= 4 is 11.9 Å². The van der Waals surface area contributed by atoms with E-state index in [2.05, 4.69) is 22.8 Å². The highest BCUT2D eigenvalue weighted by Crippen LogP contribution is 2.38. The van der Waals surface area contributed by atoms with Crippen molar-refractivity contribution in [3.63, 3.8) is 0 Å². The van der Waals surface area contributed by atoms with Gasteiger partial charge in [-0.3, -0.25) is 4.79 Å². The summed E-state index contributed by atoms with van der Waals surface area (Å²) in [7, 11) is 0. The lowest BCUT2D eigenvalue weighted by molar-refractivity contribution is -0.122. The number of rotatable bonds is 6. The van der Waals surface area contributed by atoms with Crippen LogP contribution in [0.3, 0.4) is 0 Å². The van der Waals surface area contributed by atoms with E-state index in [-0.39, 0.29) is 23.9 Å². The third-order valence-corrected chi connectivity index (χ3v) is 5.37. The Balaban J connectivity index is 1.41. The quantitative estimate of drug-likeness (QED) is 0.729. The molecule has 1 atom stereocenters. The van der Waals surface area contributed by atoms with Crippen molar-refractivity contribution in [2.75, 3.05) is 19.6 Å². The second-order valence-electron chi connectivity index (χ2n) is 7.37. The second-order valence-corrected chi connectivity index (χ2v) is 7.37. The number of nitrogens with one attached hydrogen (secondary N) is 2. The van der Waals surface area contributed by atoms with Crippen LogP contribution >= 0.6 is 0 Å². The number of hydrogen-bond donors (Lipinski definition) is 3. The Morgan fingerprint density at radius 1 is 1.28 bits per heavy atom. The van der Waals surface area contributed by atoms with Crippen LogP contribution in [0, 0.1) is 5.92 Å². The van der Waals surface area contributed by atoms with Crippen molar-refractivity contribution in [2.24, 2.45) is 11.7 Å². The molecule has 1 unspecified atom stereocenters. The molecule has 0 saturated heterocycles. The second kappa shape index (κ2) is 7.44.